The topological polar surface area (TPSA) is 93.1 Å². The quantitative estimate of drug-likeness (QED) is 0.530. The van der Waals surface area contributed by atoms with Gasteiger partial charge in [0.15, 0.2) is 0 Å². The van der Waals surface area contributed by atoms with Crippen molar-refractivity contribution in [1.82, 2.24) is 0 Å². The highest BCUT2D eigenvalue weighted by Gasteiger charge is 1.85. The number of carbonyl (C=O) groups is 2. The molecule has 6 nitrogen and oxygen atoms in total. The highest BCUT2D eigenvalue weighted by molar-refractivity contribution is 5.57. The largest absolute Gasteiger partial charge is 0.510 e. The van der Waals surface area contributed by atoms with Gasteiger partial charge < -0.3 is 19.7 Å². The van der Waals surface area contributed by atoms with Crippen molar-refractivity contribution < 1.29 is 29.3 Å². The van der Waals surface area contributed by atoms with Gasteiger partial charge in [-0.1, -0.05) is 12.2 Å². The van der Waals surface area contributed by atoms with Crippen LogP contribution in [0.15, 0.2) is 24.7 Å². The molecule has 0 amide bonds. The van der Waals surface area contributed by atoms with E-state index in [1.165, 1.54) is 12.2 Å². The molecular formula is C8H12O6. The van der Waals surface area contributed by atoms with Crippen molar-refractivity contribution >= 4 is 12.3 Å². The Balaban J connectivity index is 0. The van der Waals surface area contributed by atoms with Crippen LogP contribution in [0.1, 0.15) is 13.8 Å². The fraction of sp³-hybridized carbons (Fsp3) is 0.250. The summed E-state index contributed by atoms with van der Waals surface area (Å²) in [6, 6.07) is 0. The van der Waals surface area contributed by atoms with Gasteiger partial charge in [-0.05, 0) is 13.8 Å². The van der Waals surface area contributed by atoms with Crippen LogP contribution in [-0.4, -0.2) is 22.5 Å². The van der Waals surface area contributed by atoms with E-state index in [9.17, 15) is 9.59 Å². The third kappa shape index (κ3) is 22.5. The molecule has 0 radical (unpaired) electrons. The standard InChI is InChI=1S/2C4H6O3/c2*1-2-3-7-4(5)6/h2*2-3H,1H3,(H,5,6). The van der Waals surface area contributed by atoms with E-state index in [0.717, 1.165) is 12.5 Å². The van der Waals surface area contributed by atoms with Crippen molar-refractivity contribution in [3.63, 3.8) is 0 Å². The monoisotopic (exact) mass is 204 g/mol. The van der Waals surface area contributed by atoms with Crippen LogP contribution in [0.2, 0.25) is 0 Å². The van der Waals surface area contributed by atoms with Crippen LogP contribution >= 0.6 is 0 Å². The maximum absolute atomic E-state index is 9.48. The molecule has 0 aliphatic rings. The van der Waals surface area contributed by atoms with E-state index < -0.39 is 12.3 Å². The number of hydrogen-bond acceptors (Lipinski definition) is 4. The second-order valence-electron chi connectivity index (χ2n) is 1.71. The van der Waals surface area contributed by atoms with E-state index in [2.05, 4.69) is 9.47 Å². The van der Waals surface area contributed by atoms with Gasteiger partial charge in [-0.3, -0.25) is 0 Å². The van der Waals surface area contributed by atoms with E-state index in [4.69, 9.17) is 10.2 Å². The zero-order valence-corrected chi connectivity index (χ0v) is 7.84. The normalized spacial score (nSPS) is 9.29. The lowest BCUT2D eigenvalue weighted by molar-refractivity contribution is 0.126. The maximum Gasteiger partial charge on any atom is 0.510 e. The molecule has 0 aromatic carbocycles. The Kier molecular flexibility index (Phi) is 11.4. The maximum atomic E-state index is 9.48. The highest BCUT2D eigenvalue weighted by atomic mass is 16.7. The summed E-state index contributed by atoms with van der Waals surface area (Å²) in [5.74, 6) is 0. The Labute approximate surface area is 81.1 Å². The molecule has 0 heterocycles. The smallest absolute Gasteiger partial charge is 0.449 e. The molecule has 0 aliphatic carbocycles. The van der Waals surface area contributed by atoms with Crippen LogP contribution in [0.25, 0.3) is 0 Å². The summed E-state index contributed by atoms with van der Waals surface area (Å²) >= 11 is 0. The number of rotatable bonds is 2. The van der Waals surface area contributed by atoms with Crippen LogP contribution < -0.4 is 0 Å². The predicted molar refractivity (Wildman–Crippen MR) is 47.8 cm³/mol. The average molecular weight is 204 g/mol. The predicted octanol–water partition coefficient (Wildman–Crippen LogP) is 2.43. The van der Waals surface area contributed by atoms with Crippen molar-refractivity contribution in [1.29, 1.82) is 0 Å². The summed E-state index contributed by atoms with van der Waals surface area (Å²) < 4.78 is 7.85. The molecule has 2 N–H and O–H groups in total. The fourth-order valence-corrected chi connectivity index (χ4v) is 0.252. The third-order valence-electron chi connectivity index (χ3n) is 0.610. The SMILES string of the molecule is CC=COC(=O)O.CC=COC(=O)O. The van der Waals surface area contributed by atoms with Crippen LogP contribution in [-0.2, 0) is 9.47 Å². The third-order valence-corrected chi connectivity index (χ3v) is 0.610. The summed E-state index contributed by atoms with van der Waals surface area (Å²) in [6.45, 7) is 3.34. The highest BCUT2D eigenvalue weighted by Crippen LogP contribution is 1.75. The van der Waals surface area contributed by atoms with Crippen molar-refractivity contribution in [2.75, 3.05) is 0 Å². The Morgan fingerprint density at radius 2 is 1.21 bits per heavy atom. The minimum Gasteiger partial charge on any atom is -0.449 e. The first-order chi connectivity index (χ1) is 6.54. The Morgan fingerprint density at radius 1 is 0.929 bits per heavy atom. The second-order valence-corrected chi connectivity index (χ2v) is 1.71. The molecule has 0 aliphatic heterocycles. The van der Waals surface area contributed by atoms with Gasteiger partial charge in [0, 0.05) is 0 Å². The summed E-state index contributed by atoms with van der Waals surface area (Å²) in [5, 5.41) is 15.5. The number of ether oxygens (including phenoxy) is 2. The minimum absolute atomic E-state index is 1.10. The van der Waals surface area contributed by atoms with Gasteiger partial charge in [-0.2, -0.15) is 0 Å². The van der Waals surface area contributed by atoms with Crippen LogP contribution in [0.4, 0.5) is 9.59 Å². The molecule has 0 fully saturated rings. The molecule has 0 unspecified atom stereocenters. The molecule has 0 atom stereocenters. The van der Waals surface area contributed by atoms with Crippen LogP contribution in [0, 0.1) is 0 Å². The van der Waals surface area contributed by atoms with E-state index in [-0.39, 0.29) is 0 Å². The molecular weight excluding hydrogens is 192 g/mol. The Bertz CT molecular complexity index is 194. The van der Waals surface area contributed by atoms with E-state index in [1.54, 1.807) is 13.8 Å². The number of hydrogen-bond donors (Lipinski definition) is 2. The lowest BCUT2D eigenvalue weighted by Crippen LogP contribution is -1.90. The summed E-state index contributed by atoms with van der Waals surface area (Å²) in [5.41, 5.74) is 0. The van der Waals surface area contributed by atoms with Gasteiger partial charge in [0.25, 0.3) is 0 Å². The average Bonchev–Trinajstić information content (AvgIpc) is 2.12. The summed E-state index contributed by atoms with van der Waals surface area (Å²) in [6.07, 6.45) is 2.63. The van der Waals surface area contributed by atoms with E-state index in [0.29, 0.717) is 0 Å². The molecule has 80 valence electrons. The lowest BCUT2D eigenvalue weighted by Gasteiger charge is -1.83. The molecule has 6 heteroatoms. The van der Waals surface area contributed by atoms with Gasteiger partial charge in [0.1, 0.15) is 0 Å². The van der Waals surface area contributed by atoms with Gasteiger partial charge in [0.05, 0.1) is 12.5 Å². The molecule has 0 spiro atoms. The van der Waals surface area contributed by atoms with Crippen LogP contribution in [0.5, 0.6) is 0 Å². The molecule has 0 rings (SSSR count). The fourth-order valence-electron chi connectivity index (χ4n) is 0.252. The first-order valence-corrected chi connectivity index (χ1v) is 3.56. The van der Waals surface area contributed by atoms with Crippen molar-refractivity contribution in [2.45, 2.75) is 13.8 Å². The molecule has 0 saturated carbocycles. The van der Waals surface area contributed by atoms with E-state index in [1.807, 2.05) is 0 Å². The molecule has 14 heavy (non-hydrogen) atoms. The summed E-state index contributed by atoms with van der Waals surface area (Å²) in [4.78, 5) is 19.0. The zero-order valence-electron chi connectivity index (χ0n) is 7.84. The second kappa shape index (κ2) is 11.0. The van der Waals surface area contributed by atoms with Crippen LogP contribution in [0.3, 0.4) is 0 Å². The molecule has 0 aromatic heterocycles. The molecule has 0 aromatic rings. The van der Waals surface area contributed by atoms with Crippen molar-refractivity contribution in [2.24, 2.45) is 0 Å². The number of carboxylic acid groups (broad SMARTS) is 2. The van der Waals surface area contributed by atoms with Gasteiger partial charge in [0.2, 0.25) is 0 Å². The minimum atomic E-state index is -1.28. The number of allylic oxidation sites excluding steroid dienone is 2. The van der Waals surface area contributed by atoms with Gasteiger partial charge in [-0.25, -0.2) is 9.59 Å². The first-order valence-electron chi connectivity index (χ1n) is 3.56. The Morgan fingerprint density at radius 3 is 1.29 bits per heavy atom. The zero-order chi connectivity index (χ0) is 11.4. The van der Waals surface area contributed by atoms with Gasteiger partial charge >= 0.3 is 12.3 Å². The van der Waals surface area contributed by atoms with E-state index >= 15 is 0 Å². The molecule has 0 saturated heterocycles. The van der Waals surface area contributed by atoms with Crippen molar-refractivity contribution in [3.05, 3.63) is 24.7 Å². The van der Waals surface area contributed by atoms with Gasteiger partial charge in [-0.15, -0.1) is 0 Å². The first kappa shape index (κ1) is 14.5. The van der Waals surface area contributed by atoms with Crippen molar-refractivity contribution in [3.8, 4) is 0 Å². The molecule has 0 bridgehead atoms. The lowest BCUT2D eigenvalue weighted by atomic mass is 10.7. The Hall–Kier alpha value is -1.98. The summed E-state index contributed by atoms with van der Waals surface area (Å²) in [7, 11) is 0.